The molecule has 0 aliphatic carbocycles. The van der Waals surface area contributed by atoms with Crippen molar-refractivity contribution in [2.75, 3.05) is 23.0 Å². The second kappa shape index (κ2) is 5.92. The molecule has 2 aliphatic rings. The van der Waals surface area contributed by atoms with E-state index in [1.807, 2.05) is 55.1 Å². The van der Waals surface area contributed by atoms with Gasteiger partial charge in [-0.2, -0.15) is 0 Å². The quantitative estimate of drug-likeness (QED) is 0.847. The van der Waals surface area contributed by atoms with Crippen LogP contribution in [-0.2, 0) is 16.0 Å². The van der Waals surface area contributed by atoms with Crippen molar-refractivity contribution in [3.8, 4) is 5.75 Å². The molecule has 5 heteroatoms. The van der Waals surface area contributed by atoms with Crippen LogP contribution in [-0.4, -0.2) is 31.0 Å². The molecule has 0 N–H and O–H groups in total. The third-order valence-electron chi connectivity index (χ3n) is 4.83. The molecule has 0 aromatic heterocycles. The van der Waals surface area contributed by atoms with Crippen molar-refractivity contribution < 1.29 is 14.3 Å². The lowest BCUT2D eigenvalue weighted by molar-refractivity contribution is -0.124. The summed E-state index contributed by atoms with van der Waals surface area (Å²) < 4.78 is 5.49. The van der Waals surface area contributed by atoms with E-state index >= 15 is 0 Å². The van der Waals surface area contributed by atoms with Gasteiger partial charge >= 0.3 is 0 Å². The molecule has 0 spiro atoms. The van der Waals surface area contributed by atoms with E-state index in [0.717, 1.165) is 17.7 Å². The lowest BCUT2D eigenvalue weighted by atomic mass is 10.1. The molecule has 0 bridgehead atoms. The predicted molar refractivity (Wildman–Crippen MR) is 96.1 cm³/mol. The summed E-state index contributed by atoms with van der Waals surface area (Å²) in [7, 11) is 0. The SMILES string of the molecule is Cc1ccc2c(c1)N(CC(=O)N1c3ccccc3C[C@H]1C)C(=O)CO2. The first kappa shape index (κ1) is 15.7. The average Bonchev–Trinajstić information content (AvgIpc) is 2.93. The minimum absolute atomic E-state index is 0.0251. The molecule has 0 saturated heterocycles. The van der Waals surface area contributed by atoms with Crippen molar-refractivity contribution >= 4 is 23.2 Å². The number of fused-ring (bicyclic) bond motifs is 2. The molecule has 0 fully saturated rings. The van der Waals surface area contributed by atoms with E-state index < -0.39 is 0 Å². The van der Waals surface area contributed by atoms with Gasteiger partial charge in [0.15, 0.2) is 6.61 Å². The van der Waals surface area contributed by atoms with E-state index in [1.54, 1.807) is 4.90 Å². The average molecular weight is 336 g/mol. The molecule has 2 heterocycles. The third kappa shape index (κ3) is 2.65. The first-order chi connectivity index (χ1) is 12.0. The molecule has 5 nitrogen and oxygen atoms in total. The number of ether oxygens (including phenoxy) is 1. The molecule has 1 atom stereocenters. The second-order valence-corrected chi connectivity index (χ2v) is 6.69. The van der Waals surface area contributed by atoms with Gasteiger partial charge in [0, 0.05) is 11.7 Å². The van der Waals surface area contributed by atoms with E-state index in [-0.39, 0.29) is 31.0 Å². The van der Waals surface area contributed by atoms with Gasteiger partial charge in [-0.3, -0.25) is 14.5 Å². The number of nitrogens with zero attached hydrogens (tertiary/aromatic N) is 2. The Balaban J connectivity index is 1.64. The van der Waals surface area contributed by atoms with Crippen molar-refractivity contribution in [1.82, 2.24) is 0 Å². The maximum atomic E-state index is 13.0. The molecule has 0 saturated carbocycles. The van der Waals surface area contributed by atoms with Crippen LogP contribution in [0.4, 0.5) is 11.4 Å². The van der Waals surface area contributed by atoms with Gasteiger partial charge in [0.1, 0.15) is 12.3 Å². The van der Waals surface area contributed by atoms with Crippen LogP contribution in [0.5, 0.6) is 5.75 Å². The van der Waals surface area contributed by atoms with Gasteiger partial charge in [-0.05, 0) is 49.6 Å². The lowest BCUT2D eigenvalue weighted by Crippen LogP contribution is -2.48. The van der Waals surface area contributed by atoms with Gasteiger partial charge in [0.2, 0.25) is 5.91 Å². The first-order valence-electron chi connectivity index (χ1n) is 8.48. The van der Waals surface area contributed by atoms with Crippen LogP contribution in [0, 0.1) is 6.92 Å². The summed E-state index contributed by atoms with van der Waals surface area (Å²) in [5.74, 6) is 0.389. The Morgan fingerprint density at radius 2 is 2.00 bits per heavy atom. The smallest absolute Gasteiger partial charge is 0.265 e. The number of rotatable bonds is 2. The highest BCUT2D eigenvalue weighted by molar-refractivity contribution is 6.06. The normalized spacial score (nSPS) is 18.6. The number of carbonyl (C=O) groups excluding carboxylic acids is 2. The molecule has 4 rings (SSSR count). The summed E-state index contributed by atoms with van der Waals surface area (Å²) in [6.45, 7) is 3.99. The van der Waals surface area contributed by atoms with E-state index in [0.29, 0.717) is 11.4 Å². The summed E-state index contributed by atoms with van der Waals surface area (Å²) in [6, 6.07) is 13.7. The second-order valence-electron chi connectivity index (χ2n) is 6.69. The zero-order chi connectivity index (χ0) is 17.6. The number of anilines is 2. The van der Waals surface area contributed by atoms with Crippen LogP contribution >= 0.6 is 0 Å². The highest BCUT2D eigenvalue weighted by atomic mass is 16.5. The zero-order valence-corrected chi connectivity index (χ0v) is 14.4. The van der Waals surface area contributed by atoms with Crippen molar-refractivity contribution in [2.45, 2.75) is 26.3 Å². The lowest BCUT2D eigenvalue weighted by Gasteiger charge is -2.31. The topological polar surface area (TPSA) is 49.9 Å². The van der Waals surface area contributed by atoms with Gasteiger partial charge < -0.3 is 9.64 Å². The fourth-order valence-corrected chi connectivity index (χ4v) is 3.64. The van der Waals surface area contributed by atoms with Crippen molar-refractivity contribution in [3.63, 3.8) is 0 Å². The van der Waals surface area contributed by atoms with Crippen LogP contribution in [0.3, 0.4) is 0 Å². The van der Waals surface area contributed by atoms with Crippen LogP contribution in [0.1, 0.15) is 18.1 Å². The van der Waals surface area contributed by atoms with E-state index in [4.69, 9.17) is 4.74 Å². The molecule has 2 amide bonds. The highest BCUT2D eigenvalue weighted by Crippen LogP contribution is 2.35. The third-order valence-corrected chi connectivity index (χ3v) is 4.83. The van der Waals surface area contributed by atoms with Gasteiger partial charge in [-0.15, -0.1) is 0 Å². The number of benzene rings is 2. The molecule has 2 aromatic rings. The Bertz CT molecular complexity index is 862. The monoisotopic (exact) mass is 336 g/mol. The standard InChI is InChI=1S/C20H20N2O3/c1-13-7-8-18-17(9-13)21(20(24)12-25-18)11-19(23)22-14(2)10-15-5-3-4-6-16(15)22/h3-9,14H,10-12H2,1-2H3/t14-/m1/s1. The number of aryl methyl sites for hydroxylation is 1. The van der Waals surface area contributed by atoms with Crippen LogP contribution in [0.25, 0.3) is 0 Å². The zero-order valence-electron chi connectivity index (χ0n) is 14.4. The number of carbonyl (C=O) groups is 2. The summed E-state index contributed by atoms with van der Waals surface area (Å²) in [5, 5.41) is 0. The molecule has 0 unspecified atom stereocenters. The predicted octanol–water partition coefficient (Wildman–Crippen LogP) is 2.70. The van der Waals surface area contributed by atoms with Gasteiger partial charge in [-0.25, -0.2) is 0 Å². The van der Waals surface area contributed by atoms with Crippen LogP contribution in [0.15, 0.2) is 42.5 Å². The molecule has 2 aliphatic heterocycles. The first-order valence-corrected chi connectivity index (χ1v) is 8.48. The Labute approximate surface area is 146 Å². The summed E-state index contributed by atoms with van der Waals surface area (Å²) >= 11 is 0. The van der Waals surface area contributed by atoms with Crippen molar-refractivity contribution in [2.24, 2.45) is 0 Å². The van der Waals surface area contributed by atoms with E-state index in [9.17, 15) is 9.59 Å². The molecule has 25 heavy (non-hydrogen) atoms. The summed E-state index contributed by atoms with van der Waals surface area (Å²) in [5.41, 5.74) is 3.82. The number of hydrogen-bond acceptors (Lipinski definition) is 3. The van der Waals surface area contributed by atoms with Crippen molar-refractivity contribution in [1.29, 1.82) is 0 Å². The Morgan fingerprint density at radius 3 is 2.84 bits per heavy atom. The fraction of sp³-hybridized carbons (Fsp3) is 0.300. The van der Waals surface area contributed by atoms with Crippen LogP contribution < -0.4 is 14.5 Å². The summed E-state index contributed by atoms with van der Waals surface area (Å²) in [6.07, 6.45) is 0.842. The Hall–Kier alpha value is -2.82. The minimum atomic E-state index is -0.188. The number of hydrogen-bond donors (Lipinski definition) is 0. The number of para-hydroxylation sites is 1. The van der Waals surface area contributed by atoms with Gasteiger partial charge in [0.25, 0.3) is 5.91 Å². The molecular formula is C20H20N2O3. The summed E-state index contributed by atoms with van der Waals surface area (Å²) in [4.78, 5) is 28.8. The van der Waals surface area contributed by atoms with E-state index in [1.165, 1.54) is 5.56 Å². The van der Waals surface area contributed by atoms with Gasteiger partial charge in [0.05, 0.1) is 5.69 Å². The minimum Gasteiger partial charge on any atom is -0.482 e. The largest absolute Gasteiger partial charge is 0.482 e. The fourth-order valence-electron chi connectivity index (χ4n) is 3.64. The maximum absolute atomic E-state index is 13.0. The van der Waals surface area contributed by atoms with E-state index in [2.05, 4.69) is 6.07 Å². The molecule has 2 aromatic carbocycles. The highest BCUT2D eigenvalue weighted by Gasteiger charge is 2.34. The van der Waals surface area contributed by atoms with Crippen molar-refractivity contribution in [3.05, 3.63) is 53.6 Å². The Morgan fingerprint density at radius 1 is 1.20 bits per heavy atom. The molecule has 128 valence electrons. The van der Waals surface area contributed by atoms with Gasteiger partial charge in [-0.1, -0.05) is 24.3 Å². The molecular weight excluding hydrogens is 316 g/mol. The number of amides is 2. The Kier molecular flexibility index (Phi) is 3.71. The maximum Gasteiger partial charge on any atom is 0.265 e. The van der Waals surface area contributed by atoms with Crippen LogP contribution in [0.2, 0.25) is 0 Å². The molecule has 0 radical (unpaired) electrons.